The molecule has 5 nitrogen and oxygen atoms in total. The third-order valence-electron chi connectivity index (χ3n) is 5.22. The van der Waals surface area contributed by atoms with Crippen LogP contribution >= 0.6 is 0 Å². The van der Waals surface area contributed by atoms with Crippen molar-refractivity contribution in [3.8, 4) is 0 Å². The number of hydrogen-bond acceptors (Lipinski definition) is 5. The van der Waals surface area contributed by atoms with E-state index in [0.717, 1.165) is 24.3 Å². The maximum absolute atomic E-state index is 12.5. The summed E-state index contributed by atoms with van der Waals surface area (Å²) in [5.74, 6) is 0.467. The number of esters is 1. The summed E-state index contributed by atoms with van der Waals surface area (Å²) >= 11 is 0. The van der Waals surface area contributed by atoms with Gasteiger partial charge in [0.1, 0.15) is 5.78 Å². The van der Waals surface area contributed by atoms with E-state index in [9.17, 15) is 9.59 Å². The Morgan fingerprint density at radius 2 is 2.00 bits per heavy atom. The van der Waals surface area contributed by atoms with Crippen LogP contribution in [-0.2, 0) is 20.7 Å². The summed E-state index contributed by atoms with van der Waals surface area (Å²) in [5, 5.41) is 3.35. The third-order valence-corrected chi connectivity index (χ3v) is 5.22. The molecule has 1 saturated heterocycles. The van der Waals surface area contributed by atoms with E-state index in [0.29, 0.717) is 30.9 Å². The highest BCUT2D eigenvalue weighted by atomic mass is 16.5. The van der Waals surface area contributed by atoms with Crippen LogP contribution in [0.5, 0.6) is 0 Å². The molecular formula is C20H27NO4. The third kappa shape index (κ3) is 4.82. The Morgan fingerprint density at radius 3 is 2.64 bits per heavy atom. The molecule has 2 fully saturated rings. The van der Waals surface area contributed by atoms with Crippen molar-refractivity contribution in [3.05, 3.63) is 29.3 Å². The fraction of sp³-hybridized carbons (Fsp3) is 0.600. The standard InChI is InChI=1S/C20H27NO4/c1-24-20(23)16-7-6-15(11-17(22)10-14-4-2-3-5-14)19(12-16)21-13-18-8-9-25-18/h6-7,12,14,18,21H,2-5,8-11,13H2,1H3/t18-/m0/s1. The second-order valence-electron chi connectivity index (χ2n) is 7.10. The van der Waals surface area contributed by atoms with Crippen LogP contribution < -0.4 is 5.32 Å². The molecular weight excluding hydrogens is 318 g/mol. The molecule has 0 radical (unpaired) electrons. The molecule has 2 aliphatic rings. The number of hydrogen-bond donors (Lipinski definition) is 1. The average molecular weight is 345 g/mol. The van der Waals surface area contributed by atoms with Gasteiger partial charge in [0.25, 0.3) is 0 Å². The molecule has 1 atom stereocenters. The smallest absolute Gasteiger partial charge is 0.337 e. The highest BCUT2D eigenvalue weighted by Gasteiger charge is 2.21. The summed E-state index contributed by atoms with van der Waals surface area (Å²) in [6.45, 7) is 1.50. The lowest BCUT2D eigenvalue weighted by Crippen LogP contribution is -2.33. The topological polar surface area (TPSA) is 64.6 Å². The average Bonchev–Trinajstić information content (AvgIpc) is 3.06. The molecule has 0 bridgehead atoms. The highest BCUT2D eigenvalue weighted by molar-refractivity contribution is 5.91. The van der Waals surface area contributed by atoms with Crippen LogP contribution in [0.25, 0.3) is 0 Å². The second kappa shape index (κ2) is 8.48. The number of nitrogens with one attached hydrogen (secondary N) is 1. The molecule has 3 rings (SSSR count). The minimum absolute atomic E-state index is 0.212. The molecule has 0 aromatic heterocycles. The first-order valence-corrected chi connectivity index (χ1v) is 9.24. The fourth-order valence-corrected chi connectivity index (χ4v) is 3.63. The minimum atomic E-state index is -0.369. The van der Waals surface area contributed by atoms with Gasteiger partial charge in [-0.3, -0.25) is 4.79 Å². The summed E-state index contributed by atoms with van der Waals surface area (Å²) in [5.41, 5.74) is 2.26. The van der Waals surface area contributed by atoms with Crippen LogP contribution in [0.15, 0.2) is 18.2 Å². The SMILES string of the molecule is COC(=O)c1ccc(CC(=O)CC2CCCC2)c(NC[C@@H]2CCO2)c1. The van der Waals surface area contributed by atoms with E-state index in [2.05, 4.69) is 5.32 Å². The van der Waals surface area contributed by atoms with Crippen LogP contribution in [0, 0.1) is 5.92 Å². The summed E-state index contributed by atoms with van der Waals surface area (Å²) in [7, 11) is 1.37. The van der Waals surface area contributed by atoms with Crippen molar-refractivity contribution in [3.63, 3.8) is 0 Å². The number of anilines is 1. The summed E-state index contributed by atoms with van der Waals surface area (Å²) in [6, 6.07) is 5.38. The lowest BCUT2D eigenvalue weighted by molar-refractivity contribution is -0.119. The highest BCUT2D eigenvalue weighted by Crippen LogP contribution is 2.29. The first-order valence-electron chi connectivity index (χ1n) is 9.24. The number of rotatable bonds is 8. The zero-order valence-corrected chi connectivity index (χ0v) is 14.9. The predicted octanol–water partition coefficient (Wildman–Crippen LogP) is 3.37. The molecule has 1 aliphatic heterocycles. The van der Waals surface area contributed by atoms with E-state index in [1.165, 1.54) is 32.8 Å². The van der Waals surface area contributed by atoms with Crippen molar-refractivity contribution in [2.24, 2.45) is 5.92 Å². The van der Waals surface area contributed by atoms with Crippen LogP contribution in [0.3, 0.4) is 0 Å². The van der Waals surface area contributed by atoms with Crippen LogP contribution in [0.1, 0.15) is 54.4 Å². The first-order chi connectivity index (χ1) is 12.2. The number of ether oxygens (including phenoxy) is 2. The van der Waals surface area contributed by atoms with Crippen molar-refractivity contribution in [1.29, 1.82) is 0 Å². The van der Waals surface area contributed by atoms with Crippen molar-refractivity contribution in [2.45, 2.75) is 51.0 Å². The summed E-state index contributed by atoms with van der Waals surface area (Å²) in [4.78, 5) is 24.3. The number of Topliss-reactive ketones (excluding diaryl/α,β-unsaturated/α-hetero) is 1. The summed E-state index contributed by atoms with van der Waals surface area (Å²) in [6.07, 6.45) is 7.19. The number of carbonyl (C=O) groups is 2. The van der Waals surface area contributed by atoms with Gasteiger partial charge in [0.2, 0.25) is 0 Å². The number of ketones is 1. The minimum Gasteiger partial charge on any atom is -0.465 e. The zero-order valence-electron chi connectivity index (χ0n) is 14.9. The fourth-order valence-electron chi connectivity index (χ4n) is 3.63. The van der Waals surface area contributed by atoms with Gasteiger partial charge in [0, 0.05) is 31.7 Å². The number of methoxy groups -OCH3 is 1. The van der Waals surface area contributed by atoms with Crippen molar-refractivity contribution >= 4 is 17.4 Å². The monoisotopic (exact) mass is 345 g/mol. The Morgan fingerprint density at radius 1 is 1.24 bits per heavy atom. The Bertz CT molecular complexity index is 618. The van der Waals surface area contributed by atoms with Gasteiger partial charge < -0.3 is 14.8 Å². The molecule has 1 aliphatic carbocycles. The van der Waals surface area contributed by atoms with Crippen molar-refractivity contribution in [2.75, 3.05) is 25.6 Å². The van der Waals surface area contributed by atoms with Crippen LogP contribution in [0.4, 0.5) is 5.69 Å². The number of carbonyl (C=O) groups excluding carboxylic acids is 2. The molecule has 136 valence electrons. The maximum Gasteiger partial charge on any atom is 0.337 e. The predicted molar refractivity (Wildman–Crippen MR) is 95.9 cm³/mol. The Labute approximate surface area is 149 Å². The first kappa shape index (κ1) is 17.9. The van der Waals surface area contributed by atoms with Gasteiger partial charge in [-0.1, -0.05) is 31.7 Å². The quantitative estimate of drug-likeness (QED) is 0.732. The normalized spacial score (nSPS) is 20.1. The lowest BCUT2D eigenvalue weighted by Gasteiger charge is -2.27. The van der Waals surface area contributed by atoms with Gasteiger partial charge in [0.05, 0.1) is 18.8 Å². The lowest BCUT2D eigenvalue weighted by atomic mass is 9.96. The van der Waals surface area contributed by atoms with Crippen molar-refractivity contribution < 1.29 is 19.1 Å². The van der Waals surface area contributed by atoms with E-state index in [1.54, 1.807) is 12.1 Å². The van der Waals surface area contributed by atoms with Gasteiger partial charge in [-0.2, -0.15) is 0 Å². The molecule has 1 heterocycles. The van der Waals surface area contributed by atoms with E-state index < -0.39 is 0 Å². The van der Waals surface area contributed by atoms with Crippen LogP contribution in [0.2, 0.25) is 0 Å². The van der Waals surface area contributed by atoms with E-state index in [-0.39, 0.29) is 17.9 Å². The molecule has 0 amide bonds. The van der Waals surface area contributed by atoms with Gasteiger partial charge in [0.15, 0.2) is 0 Å². The van der Waals surface area contributed by atoms with Gasteiger partial charge in [-0.15, -0.1) is 0 Å². The maximum atomic E-state index is 12.5. The van der Waals surface area contributed by atoms with Crippen molar-refractivity contribution in [1.82, 2.24) is 0 Å². The molecule has 25 heavy (non-hydrogen) atoms. The molecule has 0 spiro atoms. The Kier molecular flexibility index (Phi) is 6.08. The second-order valence-corrected chi connectivity index (χ2v) is 7.10. The van der Waals surface area contributed by atoms with E-state index in [1.807, 2.05) is 6.07 Å². The largest absolute Gasteiger partial charge is 0.465 e. The molecule has 1 aromatic carbocycles. The molecule has 1 N–H and O–H groups in total. The zero-order chi connectivity index (χ0) is 17.6. The molecule has 1 aromatic rings. The summed E-state index contributed by atoms with van der Waals surface area (Å²) < 4.78 is 10.2. The van der Waals surface area contributed by atoms with E-state index in [4.69, 9.17) is 9.47 Å². The van der Waals surface area contributed by atoms with E-state index >= 15 is 0 Å². The van der Waals surface area contributed by atoms with Gasteiger partial charge in [-0.25, -0.2) is 4.79 Å². The molecule has 5 heteroatoms. The number of benzene rings is 1. The Hall–Kier alpha value is -1.88. The molecule has 0 unspecified atom stereocenters. The van der Waals surface area contributed by atoms with Gasteiger partial charge >= 0.3 is 5.97 Å². The molecule has 1 saturated carbocycles. The Balaban J connectivity index is 1.68. The van der Waals surface area contributed by atoms with Gasteiger partial charge in [-0.05, 0) is 30.0 Å². The van der Waals surface area contributed by atoms with Crippen LogP contribution in [-0.4, -0.2) is 38.1 Å².